The molecule has 0 bridgehead atoms. The van der Waals surface area contributed by atoms with Crippen molar-refractivity contribution in [1.82, 2.24) is 0 Å². The normalized spacial score (nSPS) is 27.1. The standard InChI is InChI=1S/C15H25FO/c1-4-5-6-7-15(16)14-9-12(3)11(2)8-13(14)10-17/h10,13-15H,4-9H2,1-3H3/t13-,14+,15+/m0/s1. The van der Waals surface area contributed by atoms with Gasteiger partial charge in [0.1, 0.15) is 12.5 Å². The molecule has 0 fully saturated rings. The molecule has 0 aliphatic heterocycles. The van der Waals surface area contributed by atoms with Crippen LogP contribution < -0.4 is 0 Å². The molecule has 0 radical (unpaired) electrons. The molecule has 0 saturated heterocycles. The number of hydrogen-bond acceptors (Lipinski definition) is 1. The molecule has 0 amide bonds. The largest absolute Gasteiger partial charge is 0.303 e. The minimum Gasteiger partial charge on any atom is -0.303 e. The van der Waals surface area contributed by atoms with E-state index in [0.29, 0.717) is 6.42 Å². The lowest BCUT2D eigenvalue weighted by molar-refractivity contribution is -0.113. The van der Waals surface area contributed by atoms with Gasteiger partial charge in [0.05, 0.1) is 0 Å². The molecule has 1 nitrogen and oxygen atoms in total. The van der Waals surface area contributed by atoms with E-state index < -0.39 is 6.17 Å². The molecule has 0 N–H and O–H groups in total. The first-order valence-electron chi connectivity index (χ1n) is 6.84. The monoisotopic (exact) mass is 240 g/mol. The van der Waals surface area contributed by atoms with E-state index in [2.05, 4.69) is 20.8 Å². The van der Waals surface area contributed by atoms with Gasteiger partial charge in [-0.3, -0.25) is 0 Å². The molecular formula is C15H25FO. The summed E-state index contributed by atoms with van der Waals surface area (Å²) in [5, 5.41) is 0. The molecule has 0 spiro atoms. The summed E-state index contributed by atoms with van der Waals surface area (Å²) in [7, 11) is 0. The number of carbonyl (C=O) groups is 1. The van der Waals surface area contributed by atoms with Crippen LogP contribution in [0.25, 0.3) is 0 Å². The Morgan fingerprint density at radius 3 is 2.53 bits per heavy atom. The molecule has 17 heavy (non-hydrogen) atoms. The van der Waals surface area contributed by atoms with Crippen molar-refractivity contribution < 1.29 is 9.18 Å². The Kier molecular flexibility index (Phi) is 5.87. The van der Waals surface area contributed by atoms with Crippen LogP contribution in [0.15, 0.2) is 11.1 Å². The van der Waals surface area contributed by atoms with Crippen LogP contribution in [0, 0.1) is 11.8 Å². The highest BCUT2D eigenvalue weighted by molar-refractivity contribution is 5.56. The zero-order valence-electron chi connectivity index (χ0n) is 11.3. The maximum Gasteiger partial charge on any atom is 0.123 e. The minimum atomic E-state index is -0.806. The summed E-state index contributed by atoms with van der Waals surface area (Å²) >= 11 is 0. The van der Waals surface area contributed by atoms with Crippen molar-refractivity contribution in [2.75, 3.05) is 0 Å². The molecule has 1 rings (SSSR count). The Hall–Kier alpha value is -0.660. The van der Waals surface area contributed by atoms with Crippen LogP contribution in [0.3, 0.4) is 0 Å². The van der Waals surface area contributed by atoms with Crippen molar-refractivity contribution in [3.05, 3.63) is 11.1 Å². The van der Waals surface area contributed by atoms with Gasteiger partial charge >= 0.3 is 0 Å². The predicted octanol–water partition coefficient (Wildman–Crippen LogP) is 4.47. The van der Waals surface area contributed by atoms with Crippen LogP contribution in [-0.4, -0.2) is 12.5 Å². The van der Waals surface area contributed by atoms with Crippen molar-refractivity contribution in [3.8, 4) is 0 Å². The Balaban J connectivity index is 2.58. The van der Waals surface area contributed by atoms with Gasteiger partial charge in [0.2, 0.25) is 0 Å². The maximum atomic E-state index is 14.2. The van der Waals surface area contributed by atoms with Gasteiger partial charge < -0.3 is 4.79 Å². The van der Waals surface area contributed by atoms with Gasteiger partial charge in [-0.05, 0) is 33.1 Å². The van der Waals surface area contributed by atoms with Crippen molar-refractivity contribution in [2.45, 2.75) is 65.5 Å². The molecule has 1 aliphatic rings. The number of allylic oxidation sites excluding steroid dienone is 2. The molecular weight excluding hydrogens is 215 g/mol. The van der Waals surface area contributed by atoms with Crippen molar-refractivity contribution >= 4 is 6.29 Å². The van der Waals surface area contributed by atoms with Gasteiger partial charge in [-0.1, -0.05) is 37.3 Å². The van der Waals surface area contributed by atoms with E-state index in [9.17, 15) is 9.18 Å². The quantitative estimate of drug-likeness (QED) is 0.380. The summed E-state index contributed by atoms with van der Waals surface area (Å²) in [5.41, 5.74) is 2.56. The molecule has 0 heterocycles. The average Bonchev–Trinajstić information content (AvgIpc) is 2.32. The number of rotatable bonds is 6. The van der Waals surface area contributed by atoms with Crippen LogP contribution in [-0.2, 0) is 4.79 Å². The predicted molar refractivity (Wildman–Crippen MR) is 69.7 cm³/mol. The van der Waals surface area contributed by atoms with Gasteiger partial charge in [0.15, 0.2) is 0 Å². The topological polar surface area (TPSA) is 17.1 Å². The number of hydrogen-bond donors (Lipinski definition) is 0. The number of halogens is 1. The molecule has 1 aliphatic carbocycles. The summed E-state index contributed by atoms with van der Waals surface area (Å²) in [5.74, 6) is -0.177. The first-order chi connectivity index (χ1) is 8.10. The minimum absolute atomic E-state index is 0.0759. The van der Waals surface area contributed by atoms with Gasteiger partial charge in [-0.15, -0.1) is 0 Å². The molecule has 2 heteroatoms. The summed E-state index contributed by atoms with van der Waals surface area (Å²) in [4.78, 5) is 11.1. The third kappa shape index (κ3) is 3.93. The van der Waals surface area contributed by atoms with E-state index in [1.165, 1.54) is 11.1 Å². The first kappa shape index (κ1) is 14.4. The van der Waals surface area contributed by atoms with Gasteiger partial charge in [0.25, 0.3) is 0 Å². The number of unbranched alkanes of at least 4 members (excludes halogenated alkanes) is 2. The third-order valence-electron chi connectivity index (χ3n) is 4.09. The zero-order valence-corrected chi connectivity index (χ0v) is 11.3. The number of alkyl halides is 1. The smallest absolute Gasteiger partial charge is 0.123 e. The summed E-state index contributed by atoms with van der Waals surface area (Å²) in [6, 6.07) is 0. The van der Waals surface area contributed by atoms with Crippen LogP contribution in [0.1, 0.15) is 59.3 Å². The Morgan fingerprint density at radius 2 is 1.94 bits per heavy atom. The molecule has 0 aromatic heterocycles. The van der Waals surface area contributed by atoms with E-state index in [1.807, 2.05) is 0 Å². The SMILES string of the molecule is CCCCC[C@@H](F)[C@@H]1CC(C)=C(C)C[C@H]1C=O. The van der Waals surface area contributed by atoms with Crippen molar-refractivity contribution in [3.63, 3.8) is 0 Å². The maximum absolute atomic E-state index is 14.2. The summed E-state index contributed by atoms with van der Waals surface area (Å²) in [6.45, 7) is 6.26. The highest BCUT2D eigenvalue weighted by Gasteiger charge is 2.32. The zero-order chi connectivity index (χ0) is 12.8. The van der Waals surface area contributed by atoms with Crippen molar-refractivity contribution in [2.24, 2.45) is 11.8 Å². The first-order valence-corrected chi connectivity index (χ1v) is 6.84. The van der Waals surface area contributed by atoms with Gasteiger partial charge in [-0.2, -0.15) is 0 Å². The van der Waals surface area contributed by atoms with E-state index in [0.717, 1.165) is 38.4 Å². The van der Waals surface area contributed by atoms with E-state index in [4.69, 9.17) is 0 Å². The van der Waals surface area contributed by atoms with Crippen LogP contribution in [0.4, 0.5) is 4.39 Å². The Bertz CT molecular complexity index is 283. The van der Waals surface area contributed by atoms with Crippen LogP contribution >= 0.6 is 0 Å². The highest BCUT2D eigenvalue weighted by Crippen LogP contribution is 2.37. The second-order valence-electron chi connectivity index (χ2n) is 5.44. The number of carbonyl (C=O) groups excluding carboxylic acids is 1. The second kappa shape index (κ2) is 6.93. The molecule has 0 aromatic carbocycles. The molecule has 0 unspecified atom stereocenters. The Morgan fingerprint density at radius 1 is 1.29 bits per heavy atom. The molecule has 0 aromatic rings. The third-order valence-corrected chi connectivity index (χ3v) is 4.09. The highest BCUT2D eigenvalue weighted by atomic mass is 19.1. The van der Waals surface area contributed by atoms with Crippen molar-refractivity contribution in [1.29, 1.82) is 0 Å². The number of aldehydes is 1. The van der Waals surface area contributed by atoms with Gasteiger partial charge in [0, 0.05) is 11.8 Å². The summed E-state index contributed by atoms with van der Waals surface area (Å²) in [6.07, 6.45) is 5.46. The Labute approximate surface area is 104 Å². The van der Waals surface area contributed by atoms with E-state index in [-0.39, 0.29) is 11.8 Å². The van der Waals surface area contributed by atoms with Crippen LogP contribution in [0.5, 0.6) is 0 Å². The van der Waals surface area contributed by atoms with Gasteiger partial charge in [-0.25, -0.2) is 4.39 Å². The molecule has 0 saturated carbocycles. The average molecular weight is 240 g/mol. The second-order valence-corrected chi connectivity index (χ2v) is 5.44. The lowest BCUT2D eigenvalue weighted by atomic mass is 9.74. The van der Waals surface area contributed by atoms with E-state index in [1.54, 1.807) is 0 Å². The van der Waals surface area contributed by atoms with E-state index >= 15 is 0 Å². The molecule has 98 valence electrons. The fourth-order valence-corrected chi connectivity index (χ4v) is 2.71. The lowest BCUT2D eigenvalue weighted by Gasteiger charge is -2.32. The fraction of sp³-hybridized carbons (Fsp3) is 0.800. The lowest BCUT2D eigenvalue weighted by Crippen LogP contribution is -2.29. The molecule has 3 atom stereocenters. The van der Waals surface area contributed by atoms with Crippen LogP contribution in [0.2, 0.25) is 0 Å². The fourth-order valence-electron chi connectivity index (χ4n) is 2.71. The summed E-state index contributed by atoms with van der Waals surface area (Å²) < 4.78 is 14.2.